The van der Waals surface area contributed by atoms with Crippen LogP contribution in [0.5, 0.6) is 0 Å². The summed E-state index contributed by atoms with van der Waals surface area (Å²) >= 11 is 0. The van der Waals surface area contributed by atoms with E-state index in [1.807, 2.05) is 134 Å². The molecule has 0 aliphatic carbocycles. The smallest absolute Gasteiger partial charge is 0.142 e. The fourth-order valence-corrected chi connectivity index (χ4v) is 2.25. The first-order valence-corrected chi connectivity index (χ1v) is 14.7. The van der Waals surface area contributed by atoms with E-state index < -0.39 is 0 Å². The van der Waals surface area contributed by atoms with Gasteiger partial charge in [-0.25, -0.2) is 0 Å². The van der Waals surface area contributed by atoms with Crippen molar-refractivity contribution < 1.29 is 4.79 Å². The lowest BCUT2D eigenvalue weighted by atomic mass is 9.87. The van der Waals surface area contributed by atoms with Gasteiger partial charge in [-0.3, -0.25) is 4.79 Å². The molecule has 0 radical (unpaired) electrons. The third-order valence-electron chi connectivity index (χ3n) is 3.62. The summed E-state index contributed by atoms with van der Waals surface area (Å²) in [4.78, 5) is 11.6. The van der Waals surface area contributed by atoms with Crippen LogP contribution in [-0.4, -0.2) is 5.78 Å². The average molecular weight is 505 g/mol. The normalized spacial score (nSPS) is 8.61. The van der Waals surface area contributed by atoms with Crippen LogP contribution < -0.4 is 0 Å². The summed E-state index contributed by atoms with van der Waals surface area (Å²) in [5.74, 6) is 0.290. The first-order chi connectivity index (χ1) is 17.1. The van der Waals surface area contributed by atoms with E-state index >= 15 is 0 Å². The van der Waals surface area contributed by atoms with Crippen LogP contribution in [0, 0.1) is 10.8 Å². The van der Waals surface area contributed by atoms with Crippen LogP contribution in [0.15, 0.2) is 60.7 Å². The van der Waals surface area contributed by atoms with E-state index in [9.17, 15) is 4.79 Å². The maximum Gasteiger partial charge on any atom is 0.142 e. The highest BCUT2D eigenvalue weighted by Gasteiger charge is 2.20. The van der Waals surface area contributed by atoms with Crippen LogP contribution in [0.25, 0.3) is 0 Å². The van der Waals surface area contributed by atoms with Crippen molar-refractivity contribution >= 4 is 5.78 Å². The van der Waals surface area contributed by atoms with Crippen molar-refractivity contribution in [2.24, 2.45) is 10.8 Å². The lowest BCUT2D eigenvalue weighted by molar-refractivity contribution is -0.125. The molecule has 1 heteroatoms. The van der Waals surface area contributed by atoms with Gasteiger partial charge >= 0.3 is 0 Å². The molecule has 0 amide bonds. The Morgan fingerprint density at radius 2 is 0.778 bits per heavy atom. The van der Waals surface area contributed by atoms with E-state index in [4.69, 9.17) is 0 Å². The molecule has 0 heterocycles. The molecule has 0 atom stereocenters. The standard InChI is InChI=1S/C12H16O.C11H16.6C2H6/c1-12(2,3)11(13)9-10-7-5-4-6-8-10;1-11(2,3)9-10-7-5-4-6-8-10;6*1-2/h4-8H,9H2,1-3H3;4-8H,9H2,1-3H3;6*1-2H3. The van der Waals surface area contributed by atoms with Crippen LogP contribution in [0.3, 0.4) is 0 Å². The monoisotopic (exact) mass is 505 g/mol. The van der Waals surface area contributed by atoms with Crippen molar-refractivity contribution in [3.63, 3.8) is 0 Å². The van der Waals surface area contributed by atoms with E-state index in [1.165, 1.54) is 5.56 Å². The van der Waals surface area contributed by atoms with Gasteiger partial charge in [0.2, 0.25) is 0 Å². The van der Waals surface area contributed by atoms with Crippen molar-refractivity contribution in [3.05, 3.63) is 71.8 Å². The minimum Gasteiger partial charge on any atom is -0.299 e. The summed E-state index contributed by atoms with van der Waals surface area (Å²) in [5.41, 5.74) is 2.71. The molecular weight excluding hydrogens is 436 g/mol. The summed E-state index contributed by atoms with van der Waals surface area (Å²) in [6, 6.07) is 20.5. The largest absolute Gasteiger partial charge is 0.299 e. The highest BCUT2D eigenvalue weighted by molar-refractivity contribution is 5.85. The molecule has 0 N–H and O–H groups in total. The molecule has 2 aromatic carbocycles. The van der Waals surface area contributed by atoms with E-state index in [1.54, 1.807) is 0 Å². The summed E-state index contributed by atoms with van der Waals surface area (Å²) in [6.07, 6.45) is 1.71. The Morgan fingerprint density at radius 1 is 0.500 bits per heavy atom. The van der Waals surface area contributed by atoms with E-state index in [0.717, 1.165) is 12.0 Å². The molecule has 0 fully saturated rings. The van der Waals surface area contributed by atoms with Gasteiger partial charge in [0.1, 0.15) is 5.78 Å². The van der Waals surface area contributed by atoms with Crippen molar-refractivity contribution in [2.75, 3.05) is 0 Å². The Morgan fingerprint density at radius 3 is 1.03 bits per heavy atom. The van der Waals surface area contributed by atoms with Crippen LogP contribution >= 0.6 is 0 Å². The fraction of sp³-hybridized carbons (Fsp3) is 0.629. The summed E-state index contributed by atoms with van der Waals surface area (Å²) in [5, 5.41) is 0. The lowest BCUT2D eigenvalue weighted by Gasteiger charge is -2.17. The van der Waals surface area contributed by atoms with Gasteiger partial charge in [0.25, 0.3) is 0 Å². The van der Waals surface area contributed by atoms with E-state index in [2.05, 4.69) is 51.1 Å². The minimum absolute atomic E-state index is 0.226. The fourth-order valence-electron chi connectivity index (χ4n) is 2.25. The third-order valence-corrected chi connectivity index (χ3v) is 3.62. The molecule has 0 bridgehead atoms. The maximum absolute atomic E-state index is 11.6. The van der Waals surface area contributed by atoms with Gasteiger partial charge in [0.05, 0.1) is 0 Å². The van der Waals surface area contributed by atoms with Gasteiger partial charge in [0.15, 0.2) is 0 Å². The summed E-state index contributed by atoms with van der Waals surface area (Å²) in [7, 11) is 0. The first-order valence-electron chi connectivity index (χ1n) is 14.7. The predicted octanol–water partition coefficient (Wildman–Crippen LogP) is 12.3. The molecule has 0 aromatic heterocycles. The number of hydrogen-bond donors (Lipinski definition) is 0. The molecule has 0 aliphatic rings. The number of benzene rings is 2. The van der Waals surface area contributed by atoms with Gasteiger partial charge in [-0.15, -0.1) is 0 Å². The summed E-state index contributed by atoms with van der Waals surface area (Å²) < 4.78 is 0. The molecule has 0 aliphatic heterocycles. The number of Topliss-reactive ketones (excluding diaryl/α,β-unsaturated/α-hetero) is 1. The zero-order valence-corrected chi connectivity index (χ0v) is 28.1. The van der Waals surface area contributed by atoms with E-state index in [0.29, 0.717) is 17.6 Å². The van der Waals surface area contributed by atoms with Crippen molar-refractivity contribution in [3.8, 4) is 0 Å². The topological polar surface area (TPSA) is 17.1 Å². The van der Waals surface area contributed by atoms with Gasteiger partial charge in [-0.1, -0.05) is 185 Å². The second kappa shape index (κ2) is 35.3. The quantitative estimate of drug-likeness (QED) is 0.406. The molecule has 0 saturated carbocycles. The Hall–Kier alpha value is -1.89. The number of carbonyl (C=O) groups excluding carboxylic acids is 1. The average Bonchev–Trinajstić information content (AvgIpc) is 2.91. The van der Waals surface area contributed by atoms with Crippen LogP contribution in [0.2, 0.25) is 0 Å². The minimum atomic E-state index is -0.226. The second-order valence-electron chi connectivity index (χ2n) is 8.56. The highest BCUT2D eigenvalue weighted by atomic mass is 16.1. The molecule has 36 heavy (non-hydrogen) atoms. The third kappa shape index (κ3) is 36.7. The van der Waals surface area contributed by atoms with Gasteiger partial charge in [0, 0.05) is 11.8 Å². The predicted molar refractivity (Wildman–Crippen MR) is 172 cm³/mol. The SMILES string of the molecule is CC.CC.CC.CC.CC.CC.CC(C)(C)C(=O)Cc1ccccc1.CC(C)(C)Cc1ccccc1. The number of rotatable bonds is 3. The maximum atomic E-state index is 11.6. The van der Waals surface area contributed by atoms with Gasteiger partial charge < -0.3 is 0 Å². The van der Waals surface area contributed by atoms with Gasteiger partial charge in [-0.2, -0.15) is 0 Å². The van der Waals surface area contributed by atoms with Crippen molar-refractivity contribution in [1.82, 2.24) is 0 Å². The molecule has 0 unspecified atom stereocenters. The molecular formula is C35H68O. The second-order valence-corrected chi connectivity index (χ2v) is 8.56. The number of carbonyl (C=O) groups is 1. The Labute approximate surface area is 230 Å². The number of ketones is 1. The zero-order chi connectivity index (χ0) is 30.2. The van der Waals surface area contributed by atoms with Crippen LogP contribution in [0.1, 0.15) is 136 Å². The lowest BCUT2D eigenvalue weighted by Crippen LogP contribution is -2.21. The Bertz CT molecular complexity index is 599. The van der Waals surface area contributed by atoms with Crippen molar-refractivity contribution in [1.29, 1.82) is 0 Å². The highest BCUT2D eigenvalue weighted by Crippen LogP contribution is 2.20. The molecule has 0 saturated heterocycles. The van der Waals surface area contributed by atoms with Crippen LogP contribution in [-0.2, 0) is 17.6 Å². The molecule has 1 nitrogen and oxygen atoms in total. The van der Waals surface area contributed by atoms with Crippen molar-refractivity contribution in [2.45, 2.75) is 137 Å². The zero-order valence-electron chi connectivity index (χ0n) is 28.1. The summed E-state index contributed by atoms with van der Waals surface area (Å²) in [6.45, 7) is 36.7. The van der Waals surface area contributed by atoms with Gasteiger partial charge in [-0.05, 0) is 23.0 Å². The molecule has 2 rings (SSSR count). The van der Waals surface area contributed by atoms with E-state index in [-0.39, 0.29) is 5.41 Å². The first kappa shape index (κ1) is 47.3. The number of hydrogen-bond acceptors (Lipinski definition) is 1. The molecule has 214 valence electrons. The van der Waals surface area contributed by atoms with Crippen LogP contribution in [0.4, 0.5) is 0 Å². The molecule has 0 spiro atoms. The molecule has 2 aromatic rings. The Kier molecular flexibility index (Phi) is 46.4. The Balaban J connectivity index is -0.0000000886.